The van der Waals surface area contributed by atoms with Gasteiger partial charge in [-0.15, -0.1) is 0 Å². The maximum absolute atomic E-state index is 13.5. The van der Waals surface area contributed by atoms with Crippen LogP contribution < -0.4 is 5.32 Å². The zero-order chi connectivity index (χ0) is 14.7. The number of pyridine rings is 1. The summed E-state index contributed by atoms with van der Waals surface area (Å²) >= 11 is 0. The molecule has 104 valence electrons. The number of hydrogen-bond donors (Lipinski definition) is 1. The molecule has 1 heterocycles. The zero-order valence-electron chi connectivity index (χ0n) is 10.5. The fourth-order valence-electron chi connectivity index (χ4n) is 1.73. The van der Waals surface area contributed by atoms with E-state index in [2.05, 4.69) is 10.3 Å². The van der Waals surface area contributed by atoms with E-state index in [9.17, 15) is 18.0 Å². The van der Waals surface area contributed by atoms with E-state index in [1.165, 1.54) is 19.1 Å². The van der Waals surface area contributed by atoms with Crippen LogP contribution in [-0.2, 0) is 0 Å². The summed E-state index contributed by atoms with van der Waals surface area (Å²) in [6.45, 7) is 1.50. The van der Waals surface area contributed by atoms with E-state index in [-0.39, 0.29) is 11.3 Å². The van der Waals surface area contributed by atoms with E-state index < -0.39 is 29.5 Å². The Morgan fingerprint density at radius 2 is 1.95 bits per heavy atom. The highest BCUT2D eigenvalue weighted by Gasteiger charge is 2.16. The summed E-state index contributed by atoms with van der Waals surface area (Å²) in [7, 11) is 0. The van der Waals surface area contributed by atoms with Crippen molar-refractivity contribution in [1.82, 2.24) is 10.3 Å². The molecule has 1 N–H and O–H groups in total. The second-order valence-electron chi connectivity index (χ2n) is 4.21. The van der Waals surface area contributed by atoms with Crippen LogP contribution in [0.15, 0.2) is 36.4 Å². The van der Waals surface area contributed by atoms with Gasteiger partial charge in [-0.25, -0.2) is 13.8 Å². The first-order chi connectivity index (χ1) is 9.47. The van der Waals surface area contributed by atoms with Crippen molar-refractivity contribution in [1.29, 1.82) is 0 Å². The summed E-state index contributed by atoms with van der Waals surface area (Å²) in [4.78, 5) is 15.2. The monoisotopic (exact) mass is 280 g/mol. The molecule has 0 radical (unpaired) electrons. The van der Waals surface area contributed by atoms with Gasteiger partial charge in [-0.1, -0.05) is 6.07 Å². The predicted molar refractivity (Wildman–Crippen MR) is 66.4 cm³/mol. The fraction of sp³-hybridized carbons (Fsp3) is 0.143. The Labute approximate surface area is 113 Å². The molecule has 20 heavy (non-hydrogen) atoms. The molecule has 0 aliphatic rings. The molecule has 3 nitrogen and oxygen atoms in total. The van der Waals surface area contributed by atoms with Crippen molar-refractivity contribution in [3.8, 4) is 0 Å². The van der Waals surface area contributed by atoms with Crippen LogP contribution in [0.5, 0.6) is 0 Å². The van der Waals surface area contributed by atoms with E-state index >= 15 is 0 Å². The number of hydrogen-bond acceptors (Lipinski definition) is 2. The molecular formula is C14H11F3N2O. The molecule has 0 bridgehead atoms. The van der Waals surface area contributed by atoms with E-state index in [0.29, 0.717) is 0 Å². The lowest BCUT2D eigenvalue weighted by Crippen LogP contribution is -2.28. The third-order valence-electron chi connectivity index (χ3n) is 2.72. The second-order valence-corrected chi connectivity index (χ2v) is 4.21. The number of nitrogens with zero attached hydrogens (tertiary/aromatic N) is 1. The average Bonchev–Trinajstić information content (AvgIpc) is 2.41. The summed E-state index contributed by atoms with van der Waals surface area (Å²) in [5.74, 6) is -2.69. The van der Waals surface area contributed by atoms with Crippen molar-refractivity contribution in [3.05, 3.63) is 65.2 Å². The van der Waals surface area contributed by atoms with Gasteiger partial charge in [-0.05, 0) is 37.3 Å². The molecule has 2 aromatic rings. The molecule has 0 saturated carbocycles. The Hall–Kier alpha value is -2.37. The van der Waals surface area contributed by atoms with Gasteiger partial charge < -0.3 is 5.32 Å². The molecular weight excluding hydrogens is 269 g/mol. The molecule has 1 unspecified atom stereocenters. The SMILES string of the molecule is CC(NC(=O)c1cccc(F)n1)c1cc(F)ccc1F. The Kier molecular flexibility index (Phi) is 4.02. The smallest absolute Gasteiger partial charge is 0.270 e. The molecule has 0 aliphatic carbocycles. The van der Waals surface area contributed by atoms with Crippen LogP contribution in [0.3, 0.4) is 0 Å². The Bertz CT molecular complexity index is 646. The van der Waals surface area contributed by atoms with Crippen molar-refractivity contribution in [3.63, 3.8) is 0 Å². The van der Waals surface area contributed by atoms with Gasteiger partial charge in [-0.3, -0.25) is 4.79 Å². The normalized spacial score (nSPS) is 12.0. The largest absolute Gasteiger partial charge is 0.344 e. The van der Waals surface area contributed by atoms with Gasteiger partial charge in [0.2, 0.25) is 5.95 Å². The van der Waals surface area contributed by atoms with E-state index in [4.69, 9.17) is 0 Å². The van der Waals surface area contributed by atoms with Gasteiger partial charge in [0.05, 0.1) is 6.04 Å². The molecule has 0 aliphatic heterocycles. The topological polar surface area (TPSA) is 42.0 Å². The molecule has 6 heteroatoms. The molecule has 1 amide bonds. The van der Waals surface area contributed by atoms with Gasteiger partial charge in [0.1, 0.15) is 17.3 Å². The Morgan fingerprint density at radius 1 is 1.20 bits per heavy atom. The van der Waals surface area contributed by atoms with E-state index in [1.807, 2.05) is 0 Å². The first kappa shape index (κ1) is 14.0. The number of benzene rings is 1. The highest BCUT2D eigenvalue weighted by Crippen LogP contribution is 2.18. The summed E-state index contributed by atoms with van der Waals surface area (Å²) in [6, 6.07) is 5.96. The highest BCUT2D eigenvalue weighted by molar-refractivity contribution is 5.92. The van der Waals surface area contributed by atoms with Crippen molar-refractivity contribution in [2.75, 3.05) is 0 Å². The molecule has 0 spiro atoms. The van der Waals surface area contributed by atoms with Crippen LogP contribution in [0.4, 0.5) is 13.2 Å². The third kappa shape index (κ3) is 3.14. The van der Waals surface area contributed by atoms with Crippen LogP contribution in [-0.4, -0.2) is 10.9 Å². The lowest BCUT2D eigenvalue weighted by Gasteiger charge is -2.14. The van der Waals surface area contributed by atoms with Gasteiger partial charge in [-0.2, -0.15) is 4.39 Å². The quantitative estimate of drug-likeness (QED) is 0.878. The maximum Gasteiger partial charge on any atom is 0.270 e. The number of amides is 1. The van der Waals surface area contributed by atoms with Crippen LogP contribution in [0.1, 0.15) is 29.0 Å². The van der Waals surface area contributed by atoms with Gasteiger partial charge >= 0.3 is 0 Å². The van der Waals surface area contributed by atoms with Gasteiger partial charge in [0, 0.05) is 5.56 Å². The van der Waals surface area contributed by atoms with Gasteiger partial charge in [0.15, 0.2) is 0 Å². The number of halogens is 3. The van der Waals surface area contributed by atoms with Crippen molar-refractivity contribution in [2.45, 2.75) is 13.0 Å². The molecule has 1 aromatic heterocycles. The number of rotatable bonds is 3. The Balaban J connectivity index is 2.17. The van der Waals surface area contributed by atoms with Crippen LogP contribution in [0.2, 0.25) is 0 Å². The number of carbonyl (C=O) groups excluding carboxylic acids is 1. The summed E-state index contributed by atoms with van der Waals surface area (Å²) in [5, 5.41) is 2.43. The highest BCUT2D eigenvalue weighted by atomic mass is 19.1. The molecule has 1 aromatic carbocycles. The van der Waals surface area contributed by atoms with Crippen LogP contribution >= 0.6 is 0 Å². The third-order valence-corrected chi connectivity index (χ3v) is 2.72. The standard InChI is InChI=1S/C14H11F3N2O/c1-8(10-7-9(15)5-6-11(10)16)18-14(20)12-3-2-4-13(17)19-12/h2-8H,1H3,(H,18,20). The fourth-order valence-corrected chi connectivity index (χ4v) is 1.73. The number of aromatic nitrogens is 1. The first-order valence-electron chi connectivity index (χ1n) is 5.86. The maximum atomic E-state index is 13.5. The zero-order valence-corrected chi connectivity index (χ0v) is 10.5. The lowest BCUT2D eigenvalue weighted by atomic mass is 10.1. The summed E-state index contributed by atoms with van der Waals surface area (Å²) in [5.41, 5.74) is -0.122. The lowest BCUT2D eigenvalue weighted by molar-refractivity contribution is 0.0933. The Morgan fingerprint density at radius 3 is 2.65 bits per heavy atom. The predicted octanol–water partition coefficient (Wildman–Crippen LogP) is 2.99. The summed E-state index contributed by atoms with van der Waals surface area (Å²) < 4.78 is 39.5. The van der Waals surface area contributed by atoms with E-state index in [0.717, 1.165) is 24.3 Å². The number of nitrogens with one attached hydrogen (secondary N) is 1. The van der Waals surface area contributed by atoms with Crippen molar-refractivity contribution >= 4 is 5.91 Å². The van der Waals surface area contributed by atoms with Gasteiger partial charge in [0.25, 0.3) is 5.91 Å². The number of carbonyl (C=O) groups is 1. The molecule has 1 atom stereocenters. The molecule has 2 rings (SSSR count). The minimum atomic E-state index is -0.790. The second kappa shape index (κ2) is 5.73. The van der Waals surface area contributed by atoms with Crippen molar-refractivity contribution < 1.29 is 18.0 Å². The minimum absolute atomic E-state index is 0.00903. The van der Waals surface area contributed by atoms with Crippen LogP contribution in [0.25, 0.3) is 0 Å². The van der Waals surface area contributed by atoms with E-state index in [1.54, 1.807) is 0 Å². The minimum Gasteiger partial charge on any atom is -0.344 e. The summed E-state index contributed by atoms with van der Waals surface area (Å²) in [6.07, 6.45) is 0. The average molecular weight is 280 g/mol. The first-order valence-corrected chi connectivity index (χ1v) is 5.86. The molecule has 0 fully saturated rings. The van der Waals surface area contributed by atoms with Crippen LogP contribution in [0, 0.1) is 17.6 Å². The van der Waals surface area contributed by atoms with Crippen molar-refractivity contribution in [2.24, 2.45) is 0 Å². The molecule has 0 saturated heterocycles.